The minimum absolute atomic E-state index is 0.448. The first kappa shape index (κ1) is 28.3. The van der Waals surface area contributed by atoms with Crippen molar-refractivity contribution in [3.8, 4) is 0 Å². The van der Waals surface area contributed by atoms with Gasteiger partial charge in [-0.15, -0.1) is 17.8 Å². The zero-order valence-electron chi connectivity index (χ0n) is 17.4. The predicted molar refractivity (Wildman–Crippen MR) is 120 cm³/mol. The van der Waals surface area contributed by atoms with E-state index in [0.717, 1.165) is 41.3 Å². The summed E-state index contributed by atoms with van der Waals surface area (Å²) in [4.78, 5) is -0.191. The van der Waals surface area contributed by atoms with Gasteiger partial charge in [0.25, 0.3) is 0 Å². The maximum atomic E-state index is 13.2. The summed E-state index contributed by atoms with van der Waals surface area (Å²) in [5.74, 6) is 0. The Morgan fingerprint density at radius 1 is 0.528 bits per heavy atom. The third-order valence-corrected chi connectivity index (χ3v) is 11.0. The summed E-state index contributed by atoms with van der Waals surface area (Å²) in [6, 6.07) is 18.4. The van der Waals surface area contributed by atoms with Crippen LogP contribution in [0.5, 0.6) is 0 Å². The monoisotopic (exact) mass is 592 g/mol. The molecule has 0 amide bonds. The van der Waals surface area contributed by atoms with Gasteiger partial charge in [-0.25, -0.2) is 0 Å². The molecule has 3 aromatic carbocycles. The molecule has 0 saturated heterocycles. The number of rotatable bonds is 8. The Balaban J connectivity index is 2.23. The topological polar surface area (TPSA) is 86.7 Å². The SMILES string of the molecule is O=S(=O)(OS(OS(=O)(=O)C(F)(F)F)(c1ccccc1)c1ccc(Sc2ccccc2)cc1)C(F)(F)F. The Labute approximate surface area is 208 Å². The summed E-state index contributed by atoms with van der Waals surface area (Å²) >= 11 is 1.17. The molecule has 0 aliphatic rings. The fraction of sp³-hybridized carbons (Fsp3) is 0.100. The second-order valence-corrected chi connectivity index (χ2v) is 13.6. The highest BCUT2D eigenvalue weighted by atomic mass is 32.4. The zero-order chi connectivity index (χ0) is 26.8. The molecule has 0 aromatic heterocycles. The van der Waals surface area contributed by atoms with Crippen molar-refractivity contribution in [2.45, 2.75) is 30.6 Å². The molecule has 0 N–H and O–H groups in total. The van der Waals surface area contributed by atoms with Gasteiger partial charge in [-0.2, -0.15) is 43.2 Å². The summed E-state index contributed by atoms with van der Waals surface area (Å²) in [5, 5.41) is 0. The first-order chi connectivity index (χ1) is 16.6. The van der Waals surface area contributed by atoms with Gasteiger partial charge in [-0.05, 0) is 48.5 Å². The minimum Gasteiger partial charge on any atom is -0.188 e. The van der Waals surface area contributed by atoms with Crippen molar-refractivity contribution in [2.75, 3.05) is 0 Å². The smallest absolute Gasteiger partial charge is 0.188 e. The van der Waals surface area contributed by atoms with Gasteiger partial charge in [0, 0.05) is 9.79 Å². The summed E-state index contributed by atoms with van der Waals surface area (Å²) < 4.78 is 136. The fourth-order valence-electron chi connectivity index (χ4n) is 2.55. The van der Waals surface area contributed by atoms with Gasteiger partial charge < -0.3 is 0 Å². The number of halogens is 6. The molecule has 0 atom stereocenters. The Kier molecular flexibility index (Phi) is 8.07. The van der Waals surface area contributed by atoms with Gasteiger partial charge in [-0.1, -0.05) is 48.2 Å². The molecule has 0 saturated carbocycles. The molecule has 196 valence electrons. The van der Waals surface area contributed by atoms with Crippen LogP contribution in [-0.4, -0.2) is 27.9 Å². The van der Waals surface area contributed by atoms with Gasteiger partial charge in [0.1, 0.15) is 0 Å². The maximum absolute atomic E-state index is 13.2. The van der Waals surface area contributed by atoms with Crippen LogP contribution in [0.4, 0.5) is 26.3 Å². The normalized spacial score (nSPS) is 13.9. The maximum Gasteiger partial charge on any atom is 0.524 e. The number of alkyl halides is 6. The minimum atomic E-state index is -6.65. The lowest BCUT2D eigenvalue weighted by Gasteiger charge is -2.40. The molecule has 0 radical (unpaired) electrons. The molecule has 0 fully saturated rings. The van der Waals surface area contributed by atoms with E-state index in [2.05, 4.69) is 7.26 Å². The van der Waals surface area contributed by atoms with Crippen LogP contribution in [0.25, 0.3) is 0 Å². The standard InChI is InChI=1S/C20H14F6O6S4/c21-19(22,23)35(27,28)31-34(17-9-5-2-6-10-17,32-36(29,30)20(24,25)26)18-13-11-16(12-14-18)33-15-7-3-1-4-8-15/h1-14H. The van der Waals surface area contributed by atoms with E-state index in [1.165, 1.54) is 30.0 Å². The van der Waals surface area contributed by atoms with Crippen molar-refractivity contribution in [1.29, 1.82) is 0 Å². The van der Waals surface area contributed by atoms with E-state index in [9.17, 15) is 43.2 Å². The molecule has 16 heteroatoms. The quantitative estimate of drug-likeness (QED) is 0.215. The van der Waals surface area contributed by atoms with Crippen LogP contribution in [0.1, 0.15) is 0 Å². The van der Waals surface area contributed by atoms with Gasteiger partial charge in [-0.3, -0.25) is 0 Å². The second-order valence-electron chi connectivity index (χ2n) is 6.64. The molecule has 0 heterocycles. The molecule has 3 rings (SSSR count). The van der Waals surface area contributed by atoms with E-state index in [1.54, 1.807) is 30.3 Å². The second kappa shape index (κ2) is 10.3. The first-order valence-electron chi connectivity index (χ1n) is 9.33. The van der Waals surface area contributed by atoms with Crippen LogP contribution < -0.4 is 0 Å². The van der Waals surface area contributed by atoms with Crippen LogP contribution in [-0.2, 0) is 27.5 Å². The molecule has 6 nitrogen and oxygen atoms in total. The molecule has 0 aliphatic heterocycles. The highest BCUT2D eigenvalue weighted by Gasteiger charge is 2.56. The van der Waals surface area contributed by atoms with Crippen molar-refractivity contribution in [3.63, 3.8) is 0 Å². The lowest BCUT2D eigenvalue weighted by molar-refractivity contribution is -0.0511. The Morgan fingerprint density at radius 2 is 0.889 bits per heavy atom. The molecule has 3 aromatic rings. The average Bonchev–Trinajstić information content (AvgIpc) is 2.78. The van der Waals surface area contributed by atoms with E-state index in [1.807, 2.05) is 0 Å². The third-order valence-electron chi connectivity index (χ3n) is 4.10. The highest BCUT2D eigenvalue weighted by molar-refractivity contribution is 8.32. The summed E-state index contributed by atoms with van der Waals surface area (Å²) in [5.41, 5.74) is -12.2. The molecule has 0 unspecified atom stereocenters. The van der Waals surface area contributed by atoms with Crippen LogP contribution >= 0.6 is 22.4 Å². The van der Waals surface area contributed by atoms with Crippen molar-refractivity contribution in [2.24, 2.45) is 0 Å². The van der Waals surface area contributed by atoms with Gasteiger partial charge in [0.2, 0.25) is 0 Å². The molecule has 0 bridgehead atoms. The lowest BCUT2D eigenvalue weighted by atomic mass is 10.4. The van der Waals surface area contributed by atoms with E-state index < -0.39 is 51.6 Å². The molecule has 0 aliphatic carbocycles. The van der Waals surface area contributed by atoms with E-state index in [0.29, 0.717) is 4.90 Å². The van der Waals surface area contributed by atoms with Gasteiger partial charge in [0.15, 0.2) is 0 Å². The van der Waals surface area contributed by atoms with Crippen LogP contribution in [0.3, 0.4) is 0 Å². The van der Waals surface area contributed by atoms with Crippen molar-refractivity contribution in [3.05, 3.63) is 84.9 Å². The Hall–Kier alpha value is -2.24. The van der Waals surface area contributed by atoms with E-state index in [-0.39, 0.29) is 0 Å². The number of hydrogen-bond acceptors (Lipinski definition) is 7. The molecule has 36 heavy (non-hydrogen) atoms. The molecular formula is C20H14F6O6S4. The largest absolute Gasteiger partial charge is 0.524 e. The third kappa shape index (κ3) is 6.18. The van der Waals surface area contributed by atoms with Gasteiger partial charge in [0.05, 0.1) is 9.79 Å². The number of hydrogen-bond donors (Lipinski definition) is 0. The summed E-state index contributed by atoms with van der Waals surface area (Å²) in [6.07, 6.45) is 0. The van der Waals surface area contributed by atoms with Crippen molar-refractivity contribution < 1.29 is 50.4 Å². The average molecular weight is 593 g/mol. The van der Waals surface area contributed by atoms with Crippen LogP contribution in [0, 0.1) is 0 Å². The number of benzene rings is 3. The van der Waals surface area contributed by atoms with Crippen molar-refractivity contribution in [1.82, 2.24) is 0 Å². The van der Waals surface area contributed by atoms with Crippen molar-refractivity contribution >= 4 is 42.6 Å². The van der Waals surface area contributed by atoms with E-state index in [4.69, 9.17) is 0 Å². The highest BCUT2D eigenvalue weighted by Crippen LogP contribution is 2.68. The van der Waals surface area contributed by atoms with E-state index >= 15 is 0 Å². The Morgan fingerprint density at radius 3 is 1.31 bits per heavy atom. The molecular weight excluding hydrogens is 578 g/mol. The Bertz CT molecular complexity index is 1350. The van der Waals surface area contributed by atoms with Crippen LogP contribution in [0.15, 0.2) is 105 Å². The summed E-state index contributed by atoms with van der Waals surface area (Å²) in [6.45, 7) is 0. The molecule has 0 spiro atoms. The first-order valence-corrected chi connectivity index (χ1v) is 14.5. The van der Waals surface area contributed by atoms with Gasteiger partial charge >= 0.3 is 31.3 Å². The zero-order valence-corrected chi connectivity index (χ0v) is 20.7. The predicted octanol–water partition coefficient (Wildman–Crippen LogP) is 6.62. The lowest BCUT2D eigenvalue weighted by Crippen LogP contribution is -2.32. The summed E-state index contributed by atoms with van der Waals surface area (Å²) in [7, 11) is -18.3. The fourth-order valence-corrected chi connectivity index (χ4v) is 8.85. The van der Waals surface area contributed by atoms with Crippen LogP contribution in [0.2, 0.25) is 0 Å².